The van der Waals surface area contributed by atoms with Crippen molar-refractivity contribution >= 4 is 17.4 Å². The summed E-state index contributed by atoms with van der Waals surface area (Å²) in [5.74, 6) is 2.80. The van der Waals surface area contributed by atoms with Crippen molar-refractivity contribution in [2.45, 2.75) is 43.9 Å². The number of nitriles is 2. The van der Waals surface area contributed by atoms with Crippen molar-refractivity contribution in [3.63, 3.8) is 0 Å². The lowest BCUT2D eigenvalue weighted by atomic mass is 9.49. The number of hydrogen-bond acceptors (Lipinski definition) is 4. The predicted molar refractivity (Wildman–Crippen MR) is 107 cm³/mol. The van der Waals surface area contributed by atoms with Gasteiger partial charge >= 0.3 is 0 Å². The molecule has 0 radical (unpaired) electrons. The van der Waals surface area contributed by atoms with Gasteiger partial charge in [0, 0.05) is 16.4 Å². The molecule has 0 spiro atoms. The van der Waals surface area contributed by atoms with Crippen LogP contribution in [0.25, 0.3) is 16.6 Å². The summed E-state index contributed by atoms with van der Waals surface area (Å²) >= 11 is 1.75. The van der Waals surface area contributed by atoms with Crippen molar-refractivity contribution in [2.75, 3.05) is 0 Å². The van der Waals surface area contributed by atoms with Gasteiger partial charge in [0.2, 0.25) is 0 Å². The van der Waals surface area contributed by atoms with E-state index in [2.05, 4.69) is 5.38 Å². The second-order valence-electron chi connectivity index (χ2n) is 8.64. The Labute approximate surface area is 164 Å². The van der Waals surface area contributed by atoms with E-state index in [0.29, 0.717) is 5.41 Å². The van der Waals surface area contributed by atoms with Gasteiger partial charge in [-0.1, -0.05) is 24.3 Å². The van der Waals surface area contributed by atoms with E-state index in [9.17, 15) is 0 Å². The van der Waals surface area contributed by atoms with Crippen LogP contribution in [0.3, 0.4) is 0 Å². The molecule has 134 valence electrons. The SMILES string of the molecule is N#CC(C#N)=Cc1ccc(-c2nc(C34CC5CC(CC(C5)C3)C4)cs2)cc1. The Kier molecular flexibility index (Phi) is 3.92. The fourth-order valence-electron chi connectivity index (χ4n) is 6.05. The lowest BCUT2D eigenvalue weighted by Crippen LogP contribution is -2.48. The largest absolute Gasteiger partial charge is 0.241 e. The summed E-state index contributed by atoms with van der Waals surface area (Å²) in [6.07, 6.45) is 10.0. The van der Waals surface area contributed by atoms with Crippen LogP contribution in [-0.2, 0) is 5.41 Å². The van der Waals surface area contributed by atoms with E-state index in [0.717, 1.165) is 33.9 Å². The fourth-order valence-corrected chi connectivity index (χ4v) is 7.00. The van der Waals surface area contributed by atoms with Crippen LogP contribution in [-0.4, -0.2) is 4.98 Å². The molecule has 0 aliphatic heterocycles. The van der Waals surface area contributed by atoms with Crippen LogP contribution in [0.2, 0.25) is 0 Å². The normalized spacial score (nSPS) is 30.5. The topological polar surface area (TPSA) is 60.5 Å². The summed E-state index contributed by atoms with van der Waals surface area (Å²) in [5.41, 5.74) is 3.79. The minimum absolute atomic E-state index is 0.126. The molecule has 0 unspecified atom stereocenters. The maximum absolute atomic E-state index is 8.89. The maximum atomic E-state index is 8.89. The molecule has 4 aliphatic rings. The molecule has 6 rings (SSSR count). The lowest BCUT2D eigenvalue weighted by molar-refractivity contribution is -0.00689. The molecule has 1 aromatic carbocycles. The van der Waals surface area contributed by atoms with Crippen molar-refractivity contribution < 1.29 is 0 Å². The molecule has 3 nitrogen and oxygen atoms in total. The molecule has 27 heavy (non-hydrogen) atoms. The first-order valence-electron chi connectivity index (χ1n) is 9.76. The third-order valence-electron chi connectivity index (χ3n) is 6.80. The van der Waals surface area contributed by atoms with Gasteiger partial charge in [-0.3, -0.25) is 0 Å². The molecule has 4 bridgehead atoms. The highest BCUT2D eigenvalue weighted by Crippen LogP contribution is 2.60. The summed E-state index contributed by atoms with van der Waals surface area (Å²) in [6.45, 7) is 0. The molecule has 1 aromatic heterocycles. The van der Waals surface area contributed by atoms with Crippen molar-refractivity contribution in [1.29, 1.82) is 10.5 Å². The van der Waals surface area contributed by atoms with E-state index < -0.39 is 0 Å². The average Bonchev–Trinajstić information content (AvgIpc) is 3.17. The zero-order valence-corrected chi connectivity index (χ0v) is 16.0. The highest BCUT2D eigenvalue weighted by atomic mass is 32.1. The van der Waals surface area contributed by atoms with Crippen LogP contribution in [0.4, 0.5) is 0 Å². The second kappa shape index (κ2) is 6.32. The average molecular weight is 372 g/mol. The van der Waals surface area contributed by atoms with Crippen LogP contribution in [0, 0.1) is 40.4 Å². The van der Waals surface area contributed by atoms with E-state index in [-0.39, 0.29) is 5.57 Å². The zero-order valence-electron chi connectivity index (χ0n) is 15.2. The molecule has 0 N–H and O–H groups in total. The van der Waals surface area contributed by atoms with E-state index in [4.69, 9.17) is 15.5 Å². The Morgan fingerprint density at radius 1 is 1.00 bits per heavy atom. The molecule has 1 heterocycles. The summed E-state index contributed by atoms with van der Waals surface area (Å²) in [6, 6.07) is 11.8. The predicted octanol–water partition coefficient (Wildman–Crippen LogP) is 5.71. The smallest absolute Gasteiger partial charge is 0.130 e. The Morgan fingerprint density at radius 3 is 2.15 bits per heavy atom. The van der Waals surface area contributed by atoms with Crippen molar-refractivity contribution in [1.82, 2.24) is 4.98 Å². The Balaban J connectivity index is 1.41. The van der Waals surface area contributed by atoms with Gasteiger partial charge in [0.1, 0.15) is 22.7 Å². The number of rotatable bonds is 3. The Hall–Kier alpha value is -2.43. The minimum Gasteiger partial charge on any atom is -0.241 e. The second-order valence-corrected chi connectivity index (χ2v) is 9.50. The molecule has 0 amide bonds. The molecular formula is C23H21N3S. The first-order valence-corrected chi connectivity index (χ1v) is 10.6. The molecule has 2 aromatic rings. The maximum Gasteiger partial charge on any atom is 0.130 e. The van der Waals surface area contributed by atoms with Crippen molar-refractivity contribution in [3.05, 3.63) is 46.5 Å². The van der Waals surface area contributed by atoms with E-state index >= 15 is 0 Å². The van der Waals surface area contributed by atoms with Gasteiger partial charge in [-0.05, 0) is 67.9 Å². The van der Waals surface area contributed by atoms with Crippen molar-refractivity contribution in [2.24, 2.45) is 17.8 Å². The quantitative estimate of drug-likeness (QED) is 0.649. The summed E-state index contributed by atoms with van der Waals surface area (Å²) < 4.78 is 0. The lowest BCUT2D eigenvalue weighted by Gasteiger charge is -2.56. The van der Waals surface area contributed by atoms with Crippen LogP contribution in [0.5, 0.6) is 0 Å². The summed E-state index contributed by atoms with van der Waals surface area (Å²) in [5, 5.41) is 21.2. The number of nitrogens with zero attached hydrogens (tertiary/aromatic N) is 3. The highest BCUT2D eigenvalue weighted by Gasteiger charge is 2.52. The number of thiazole rings is 1. The number of allylic oxidation sites excluding steroid dienone is 1. The minimum atomic E-state index is 0.126. The first kappa shape index (κ1) is 16.7. The zero-order chi connectivity index (χ0) is 18.4. The molecule has 0 atom stereocenters. The first-order chi connectivity index (χ1) is 13.2. The molecule has 4 fully saturated rings. The van der Waals surface area contributed by atoms with Gasteiger partial charge in [-0.15, -0.1) is 11.3 Å². The van der Waals surface area contributed by atoms with Gasteiger partial charge < -0.3 is 0 Å². The number of aromatic nitrogens is 1. The fraction of sp³-hybridized carbons (Fsp3) is 0.435. The van der Waals surface area contributed by atoms with Gasteiger partial charge in [-0.2, -0.15) is 10.5 Å². The van der Waals surface area contributed by atoms with Gasteiger partial charge in [0.05, 0.1) is 5.69 Å². The molecular weight excluding hydrogens is 350 g/mol. The van der Waals surface area contributed by atoms with Crippen molar-refractivity contribution in [3.8, 4) is 22.7 Å². The Bertz CT molecular complexity index is 933. The standard InChI is InChI=1S/C23H21N3S/c24-12-19(13-25)5-15-1-3-20(4-2-15)22-26-21(14-27-22)23-9-16-6-17(10-23)8-18(7-16)11-23/h1-5,14,16-18H,6-11H2. The molecule has 4 aliphatic carbocycles. The van der Waals surface area contributed by atoms with Crippen LogP contribution < -0.4 is 0 Å². The summed E-state index contributed by atoms with van der Waals surface area (Å²) in [7, 11) is 0. The van der Waals surface area contributed by atoms with Crippen LogP contribution in [0.1, 0.15) is 49.8 Å². The van der Waals surface area contributed by atoms with Gasteiger partial charge in [0.15, 0.2) is 0 Å². The van der Waals surface area contributed by atoms with Gasteiger partial charge in [-0.25, -0.2) is 4.98 Å². The van der Waals surface area contributed by atoms with Crippen LogP contribution >= 0.6 is 11.3 Å². The Morgan fingerprint density at radius 2 is 1.59 bits per heavy atom. The third kappa shape index (κ3) is 2.89. The number of benzene rings is 1. The number of hydrogen-bond donors (Lipinski definition) is 0. The third-order valence-corrected chi connectivity index (χ3v) is 7.69. The summed E-state index contributed by atoms with van der Waals surface area (Å²) in [4.78, 5) is 5.09. The highest BCUT2D eigenvalue weighted by molar-refractivity contribution is 7.13. The van der Waals surface area contributed by atoms with E-state index in [1.165, 1.54) is 44.2 Å². The molecule has 4 heteroatoms. The van der Waals surface area contributed by atoms with Gasteiger partial charge in [0.25, 0.3) is 0 Å². The molecule has 4 saturated carbocycles. The monoisotopic (exact) mass is 371 g/mol. The van der Waals surface area contributed by atoms with Crippen LogP contribution in [0.15, 0.2) is 35.2 Å². The van der Waals surface area contributed by atoms with E-state index in [1.807, 2.05) is 36.4 Å². The molecule has 0 saturated heterocycles. The van der Waals surface area contributed by atoms with E-state index in [1.54, 1.807) is 17.4 Å².